The number of rotatable bonds is 3. The molecule has 1 unspecified atom stereocenters. The Morgan fingerprint density at radius 1 is 1.31 bits per heavy atom. The number of hydrogen-bond acceptors (Lipinski definition) is 3. The van der Waals surface area contributed by atoms with Crippen LogP contribution in [0, 0.1) is 0 Å². The highest BCUT2D eigenvalue weighted by Crippen LogP contribution is 2.21. The molecule has 13 heavy (non-hydrogen) atoms. The normalized spacial score (nSPS) is 18.3. The van der Waals surface area contributed by atoms with Crippen molar-refractivity contribution in [3.8, 4) is 0 Å². The van der Waals surface area contributed by atoms with Crippen molar-refractivity contribution in [3.05, 3.63) is 0 Å². The first-order valence-corrected chi connectivity index (χ1v) is 8.04. The van der Waals surface area contributed by atoms with Crippen LogP contribution in [0.15, 0.2) is 5.10 Å². The van der Waals surface area contributed by atoms with Gasteiger partial charge >= 0.3 is 0 Å². The van der Waals surface area contributed by atoms with Crippen LogP contribution in [-0.4, -0.2) is 43.2 Å². The lowest BCUT2D eigenvalue weighted by molar-refractivity contribution is 0.202. The third-order valence-electron chi connectivity index (χ3n) is 2.51. The van der Waals surface area contributed by atoms with Crippen molar-refractivity contribution in [2.45, 2.75) is 38.7 Å². The molecule has 4 heteroatoms. The smallest absolute Gasteiger partial charge is 0.0899 e. The molecule has 0 heterocycles. The highest BCUT2D eigenvalue weighted by atomic mass is 28.3. The van der Waals surface area contributed by atoms with E-state index in [1.54, 1.807) is 5.01 Å². The van der Waals surface area contributed by atoms with Gasteiger partial charge in [-0.15, -0.1) is 0 Å². The van der Waals surface area contributed by atoms with Gasteiger partial charge in [-0.1, -0.05) is 19.6 Å². The first-order valence-electron chi connectivity index (χ1n) is 4.54. The van der Waals surface area contributed by atoms with E-state index in [1.165, 1.54) is 0 Å². The van der Waals surface area contributed by atoms with Crippen LogP contribution in [0.5, 0.6) is 0 Å². The van der Waals surface area contributed by atoms with Gasteiger partial charge in [0.1, 0.15) is 0 Å². The predicted molar refractivity (Wildman–Crippen MR) is 60.8 cm³/mol. The minimum absolute atomic E-state index is 0.725. The van der Waals surface area contributed by atoms with Gasteiger partial charge in [-0.25, -0.2) is 0 Å². The van der Waals surface area contributed by atoms with Crippen LogP contribution in [0.2, 0.25) is 19.6 Å². The van der Waals surface area contributed by atoms with Crippen molar-refractivity contribution in [1.29, 1.82) is 0 Å². The number of hydrazone groups is 1. The van der Waals surface area contributed by atoms with Gasteiger partial charge in [0.25, 0.3) is 0 Å². The number of aliphatic hydroxyl groups is 1. The molecule has 78 valence electrons. The zero-order valence-electron chi connectivity index (χ0n) is 9.84. The Bertz CT molecular complexity index is 204. The quantitative estimate of drug-likeness (QED) is 0.428. The third-order valence-corrected chi connectivity index (χ3v) is 5.80. The summed E-state index contributed by atoms with van der Waals surface area (Å²) in [6, 6.07) is 0. The van der Waals surface area contributed by atoms with Crippen molar-refractivity contribution < 1.29 is 5.11 Å². The van der Waals surface area contributed by atoms with Gasteiger partial charge in [0.2, 0.25) is 0 Å². The summed E-state index contributed by atoms with van der Waals surface area (Å²) in [7, 11) is 2.11. The first-order chi connectivity index (χ1) is 5.59. The molecule has 0 aliphatic heterocycles. The summed E-state index contributed by atoms with van der Waals surface area (Å²) in [5, 5.41) is 15.5. The molecule has 0 aliphatic carbocycles. The van der Waals surface area contributed by atoms with Gasteiger partial charge in [-0.3, -0.25) is 0 Å². The molecule has 3 nitrogen and oxygen atoms in total. The van der Waals surface area contributed by atoms with E-state index < -0.39 is 13.3 Å². The largest absolute Gasteiger partial charge is 0.388 e. The molecule has 0 radical (unpaired) electrons. The van der Waals surface area contributed by atoms with E-state index in [0.717, 1.165) is 5.71 Å². The van der Waals surface area contributed by atoms with Crippen molar-refractivity contribution >= 4 is 13.8 Å². The van der Waals surface area contributed by atoms with Gasteiger partial charge in [-0.05, 0) is 13.8 Å². The molecule has 0 amide bonds. The topological polar surface area (TPSA) is 35.8 Å². The van der Waals surface area contributed by atoms with Crippen molar-refractivity contribution in [2.24, 2.45) is 5.10 Å². The van der Waals surface area contributed by atoms with Gasteiger partial charge in [0, 0.05) is 14.1 Å². The Balaban J connectivity index is 4.85. The molecule has 0 spiro atoms. The molecule has 0 saturated carbocycles. The maximum atomic E-state index is 10.3. The van der Waals surface area contributed by atoms with Crippen LogP contribution in [-0.2, 0) is 0 Å². The molecule has 0 aliphatic rings. The van der Waals surface area contributed by atoms with E-state index in [2.05, 4.69) is 24.7 Å². The van der Waals surface area contributed by atoms with E-state index in [0.29, 0.717) is 0 Å². The monoisotopic (exact) mass is 202 g/mol. The van der Waals surface area contributed by atoms with Crippen LogP contribution in [0.25, 0.3) is 0 Å². The molecule has 0 bridgehead atoms. The second kappa shape index (κ2) is 3.80. The summed E-state index contributed by atoms with van der Waals surface area (Å²) in [5.74, 6) is 0. The molecule has 0 saturated heterocycles. The number of hydrogen-bond donors (Lipinski definition) is 1. The average Bonchev–Trinajstić information content (AvgIpc) is 1.82. The van der Waals surface area contributed by atoms with Crippen molar-refractivity contribution in [2.75, 3.05) is 14.1 Å². The minimum Gasteiger partial charge on any atom is -0.388 e. The zero-order chi connectivity index (χ0) is 10.9. The summed E-state index contributed by atoms with van der Waals surface area (Å²) in [5.41, 5.74) is 0.802. The van der Waals surface area contributed by atoms with Gasteiger partial charge in [0.15, 0.2) is 0 Å². The van der Waals surface area contributed by atoms with Crippen LogP contribution < -0.4 is 0 Å². The second-order valence-corrected chi connectivity index (χ2v) is 10.3. The van der Waals surface area contributed by atoms with E-state index >= 15 is 0 Å². The fourth-order valence-corrected chi connectivity index (χ4v) is 2.08. The molecule has 0 aromatic carbocycles. The summed E-state index contributed by atoms with van der Waals surface area (Å²) < 4.78 is 0. The average molecular weight is 202 g/mol. The standard InChI is InChI=1S/C9H22N2OSi/c1-8(10-11(3)4)9(2,12)13(5,6)7/h12H,1-7H3. The van der Waals surface area contributed by atoms with Crippen LogP contribution in [0.4, 0.5) is 0 Å². The molecule has 1 N–H and O–H groups in total. The van der Waals surface area contributed by atoms with Crippen molar-refractivity contribution in [1.82, 2.24) is 5.01 Å². The highest BCUT2D eigenvalue weighted by molar-refractivity contribution is 6.82. The highest BCUT2D eigenvalue weighted by Gasteiger charge is 2.39. The Hall–Kier alpha value is -0.353. The third kappa shape index (κ3) is 3.12. The molecular weight excluding hydrogens is 180 g/mol. The van der Waals surface area contributed by atoms with Crippen LogP contribution >= 0.6 is 0 Å². The molecular formula is C9H22N2OSi. The lowest BCUT2D eigenvalue weighted by atomic mass is 10.3. The fourth-order valence-electron chi connectivity index (χ4n) is 0.940. The van der Waals surface area contributed by atoms with E-state index in [9.17, 15) is 5.11 Å². The Morgan fingerprint density at radius 2 is 1.69 bits per heavy atom. The maximum Gasteiger partial charge on any atom is 0.0899 e. The summed E-state index contributed by atoms with van der Waals surface area (Å²) >= 11 is 0. The molecule has 0 aromatic rings. The van der Waals surface area contributed by atoms with Gasteiger partial charge in [0.05, 0.1) is 19.0 Å². The number of nitrogens with zero attached hydrogens (tertiary/aromatic N) is 2. The Kier molecular flexibility index (Phi) is 3.69. The SMILES string of the molecule is CC(=NN(C)C)C(C)(O)[Si](C)(C)C. The van der Waals surface area contributed by atoms with Crippen LogP contribution in [0.1, 0.15) is 13.8 Å². The maximum absolute atomic E-state index is 10.3. The minimum atomic E-state index is -1.62. The lowest BCUT2D eigenvalue weighted by Crippen LogP contribution is -2.55. The van der Waals surface area contributed by atoms with Crippen LogP contribution in [0.3, 0.4) is 0 Å². The molecule has 0 fully saturated rings. The predicted octanol–water partition coefficient (Wildman–Crippen LogP) is 1.55. The first kappa shape index (κ1) is 12.6. The van der Waals surface area contributed by atoms with Gasteiger partial charge < -0.3 is 10.1 Å². The fraction of sp³-hybridized carbons (Fsp3) is 0.889. The Labute approximate surface area is 82.5 Å². The molecule has 0 rings (SSSR count). The summed E-state index contributed by atoms with van der Waals surface area (Å²) in [6.45, 7) is 10.2. The van der Waals surface area contributed by atoms with Gasteiger partial charge in [-0.2, -0.15) is 5.10 Å². The van der Waals surface area contributed by atoms with E-state index in [1.807, 2.05) is 27.9 Å². The van der Waals surface area contributed by atoms with E-state index in [4.69, 9.17) is 0 Å². The van der Waals surface area contributed by atoms with Crippen molar-refractivity contribution in [3.63, 3.8) is 0 Å². The lowest BCUT2D eigenvalue weighted by Gasteiger charge is -2.35. The molecule has 1 atom stereocenters. The zero-order valence-corrected chi connectivity index (χ0v) is 10.8. The Morgan fingerprint density at radius 3 is 1.92 bits per heavy atom. The summed E-state index contributed by atoms with van der Waals surface area (Å²) in [4.78, 5) is 0. The summed E-state index contributed by atoms with van der Waals surface area (Å²) in [6.07, 6.45) is 0. The second-order valence-electron chi connectivity index (χ2n) is 4.85. The molecule has 0 aromatic heterocycles. The van der Waals surface area contributed by atoms with E-state index in [-0.39, 0.29) is 0 Å².